The van der Waals surface area contributed by atoms with Crippen LogP contribution in [-0.4, -0.2) is 31.6 Å². The molecule has 0 aliphatic carbocycles. The van der Waals surface area contributed by atoms with E-state index in [1.807, 2.05) is 0 Å². The first kappa shape index (κ1) is 41.5. The summed E-state index contributed by atoms with van der Waals surface area (Å²) in [5.41, 5.74) is 0. The van der Waals surface area contributed by atoms with Crippen molar-refractivity contribution in [3.63, 3.8) is 0 Å². The number of amidine groups is 1. The minimum atomic E-state index is 0.346. The Labute approximate surface area is 278 Å². The highest BCUT2D eigenvalue weighted by Crippen LogP contribution is 2.23. The maximum absolute atomic E-state index is 6.42. The van der Waals surface area contributed by atoms with Crippen molar-refractivity contribution in [3.8, 4) is 0 Å². The van der Waals surface area contributed by atoms with Crippen molar-refractivity contribution in [3.05, 3.63) is 0 Å². The topological polar surface area (TPSA) is 33.6 Å². The Balaban J connectivity index is 1.99. The van der Waals surface area contributed by atoms with E-state index in [2.05, 4.69) is 26.1 Å². The van der Waals surface area contributed by atoms with Crippen LogP contribution in [0.5, 0.6) is 0 Å². The average molecular weight is 619 g/mol. The number of unbranched alkanes of at least 4 members (excludes halogenated alkanes) is 28. The summed E-state index contributed by atoms with van der Waals surface area (Å²) in [6.07, 6.45) is 45.5. The van der Waals surface area contributed by atoms with Crippen molar-refractivity contribution in [2.24, 2.45) is 10.9 Å². The molecule has 0 saturated carbocycles. The number of nitrogens with one attached hydrogen (secondary N) is 1. The lowest BCUT2D eigenvalue weighted by atomic mass is 9.92. The second-order valence-electron chi connectivity index (χ2n) is 14.5. The molecule has 1 aliphatic heterocycles. The third kappa shape index (κ3) is 27.7. The van der Waals surface area contributed by atoms with E-state index in [9.17, 15) is 0 Å². The van der Waals surface area contributed by atoms with Gasteiger partial charge in [-0.05, 0) is 25.7 Å². The predicted molar refractivity (Wildman–Crippen MR) is 198 cm³/mol. The third-order valence-corrected chi connectivity index (χ3v) is 10.2. The Bertz CT molecular complexity index is 591. The number of nitrogens with zero attached hydrogens (tertiary/aromatic N) is 1. The first-order valence-corrected chi connectivity index (χ1v) is 20.7. The molecule has 1 rings (SSSR count). The highest BCUT2D eigenvalue weighted by Gasteiger charge is 2.21. The largest absolute Gasteiger partial charge is 0.378 e. The van der Waals surface area contributed by atoms with Gasteiger partial charge in [0.25, 0.3) is 0 Å². The number of aliphatic imine (C=N–C) groups is 1. The predicted octanol–water partition coefficient (Wildman–Crippen LogP) is 13.5. The quantitative estimate of drug-likeness (QED) is 0.0709. The first-order valence-electron chi connectivity index (χ1n) is 20.7. The molecule has 262 valence electrons. The van der Waals surface area contributed by atoms with Crippen molar-refractivity contribution < 1.29 is 4.74 Å². The van der Waals surface area contributed by atoms with E-state index in [0.29, 0.717) is 12.0 Å². The highest BCUT2D eigenvalue weighted by atomic mass is 16.5. The lowest BCUT2D eigenvalue weighted by Gasteiger charge is -2.24. The molecule has 3 heteroatoms. The highest BCUT2D eigenvalue weighted by molar-refractivity contribution is 5.83. The molecule has 0 fully saturated rings. The third-order valence-electron chi connectivity index (χ3n) is 10.2. The fourth-order valence-electron chi connectivity index (χ4n) is 6.99. The van der Waals surface area contributed by atoms with Crippen LogP contribution in [0, 0.1) is 5.92 Å². The van der Waals surface area contributed by atoms with E-state index in [4.69, 9.17) is 9.73 Å². The monoisotopic (exact) mass is 619 g/mol. The summed E-state index contributed by atoms with van der Waals surface area (Å²) >= 11 is 0. The Kier molecular flexibility index (Phi) is 31.8. The van der Waals surface area contributed by atoms with Crippen LogP contribution in [0.25, 0.3) is 0 Å². The zero-order valence-electron chi connectivity index (χ0n) is 30.8. The van der Waals surface area contributed by atoms with E-state index in [1.54, 1.807) is 0 Å². The second-order valence-corrected chi connectivity index (χ2v) is 14.5. The molecule has 1 N–H and O–H groups in total. The van der Waals surface area contributed by atoms with Gasteiger partial charge in [0.15, 0.2) is 0 Å². The van der Waals surface area contributed by atoms with Gasteiger partial charge in [-0.2, -0.15) is 0 Å². The van der Waals surface area contributed by atoms with Crippen LogP contribution >= 0.6 is 0 Å². The summed E-state index contributed by atoms with van der Waals surface area (Å²) in [5, 5.41) is 3.51. The van der Waals surface area contributed by atoms with Gasteiger partial charge in [0.2, 0.25) is 0 Å². The zero-order valence-corrected chi connectivity index (χ0v) is 30.8. The van der Waals surface area contributed by atoms with Gasteiger partial charge in [0.1, 0.15) is 0 Å². The number of hydrogen-bond acceptors (Lipinski definition) is 3. The smallest absolute Gasteiger partial charge is 0.0968 e. The van der Waals surface area contributed by atoms with Gasteiger partial charge in [-0.15, -0.1) is 0 Å². The lowest BCUT2D eigenvalue weighted by molar-refractivity contribution is 0.0211. The van der Waals surface area contributed by atoms with Gasteiger partial charge < -0.3 is 10.1 Å². The van der Waals surface area contributed by atoms with E-state index in [1.165, 1.54) is 205 Å². The van der Waals surface area contributed by atoms with Crippen LogP contribution < -0.4 is 5.32 Å². The van der Waals surface area contributed by atoms with Crippen molar-refractivity contribution in [1.29, 1.82) is 0 Å². The summed E-state index contributed by atoms with van der Waals surface area (Å²) in [6.45, 7) is 9.86. The lowest BCUT2D eigenvalue weighted by Crippen LogP contribution is -2.28. The van der Waals surface area contributed by atoms with Gasteiger partial charge in [0, 0.05) is 19.6 Å². The molecule has 0 radical (unpaired) electrons. The average Bonchev–Trinajstić information content (AvgIpc) is 3.55. The van der Waals surface area contributed by atoms with E-state index in [-0.39, 0.29) is 0 Å². The molecule has 2 atom stereocenters. The van der Waals surface area contributed by atoms with Gasteiger partial charge in [-0.25, -0.2) is 0 Å². The number of ether oxygens (including phenoxy) is 1. The molecule has 0 bridgehead atoms. The molecule has 1 heterocycles. The maximum atomic E-state index is 6.42. The number of hydrogen-bond donors (Lipinski definition) is 1. The van der Waals surface area contributed by atoms with E-state index < -0.39 is 0 Å². The van der Waals surface area contributed by atoms with Crippen LogP contribution in [0.15, 0.2) is 4.99 Å². The van der Waals surface area contributed by atoms with Crippen LogP contribution in [0.3, 0.4) is 0 Å². The van der Waals surface area contributed by atoms with E-state index in [0.717, 1.165) is 26.1 Å². The minimum absolute atomic E-state index is 0.346. The summed E-state index contributed by atoms with van der Waals surface area (Å²) < 4.78 is 6.42. The molecular formula is C41H82N2O. The molecule has 1 aliphatic rings. The van der Waals surface area contributed by atoms with Crippen molar-refractivity contribution in [1.82, 2.24) is 5.32 Å². The molecule has 3 nitrogen and oxygen atoms in total. The van der Waals surface area contributed by atoms with Gasteiger partial charge in [0.05, 0.1) is 18.5 Å². The summed E-state index contributed by atoms with van der Waals surface area (Å²) in [4.78, 5) is 4.71. The second kappa shape index (κ2) is 33.8. The van der Waals surface area contributed by atoms with Crippen LogP contribution in [-0.2, 0) is 4.74 Å². The Morgan fingerprint density at radius 3 is 1.25 bits per heavy atom. The van der Waals surface area contributed by atoms with E-state index >= 15 is 0 Å². The van der Waals surface area contributed by atoms with Crippen LogP contribution in [0.2, 0.25) is 0 Å². The fraction of sp³-hybridized carbons (Fsp3) is 0.976. The summed E-state index contributed by atoms with van der Waals surface area (Å²) in [7, 11) is 0. The van der Waals surface area contributed by atoms with Gasteiger partial charge in [-0.3, -0.25) is 4.99 Å². The molecule has 2 unspecified atom stereocenters. The SMILES string of the molecule is CCCCCCCCCCCCCCCCCCOC(C)C(CCCCCCCCCCCCCCCC)CC1=NCCN1. The Morgan fingerprint density at radius 2 is 0.886 bits per heavy atom. The molecule has 0 amide bonds. The number of rotatable bonds is 36. The summed E-state index contributed by atoms with van der Waals surface area (Å²) in [5.74, 6) is 1.84. The van der Waals surface area contributed by atoms with Crippen LogP contribution in [0.4, 0.5) is 0 Å². The zero-order chi connectivity index (χ0) is 31.6. The molecule has 0 aromatic rings. The van der Waals surface area contributed by atoms with Crippen molar-refractivity contribution >= 4 is 5.84 Å². The minimum Gasteiger partial charge on any atom is -0.378 e. The maximum Gasteiger partial charge on any atom is 0.0968 e. The van der Waals surface area contributed by atoms with Crippen molar-refractivity contribution in [2.75, 3.05) is 19.7 Å². The molecule has 0 saturated heterocycles. The molecule has 0 aromatic heterocycles. The van der Waals surface area contributed by atoms with Crippen molar-refractivity contribution in [2.45, 2.75) is 232 Å². The normalized spacial score (nSPS) is 14.6. The van der Waals surface area contributed by atoms with Crippen LogP contribution in [0.1, 0.15) is 226 Å². The Morgan fingerprint density at radius 1 is 0.523 bits per heavy atom. The molecule has 44 heavy (non-hydrogen) atoms. The first-order chi connectivity index (χ1) is 21.8. The Hall–Kier alpha value is -0.570. The molecular weight excluding hydrogens is 536 g/mol. The van der Waals surface area contributed by atoms with Gasteiger partial charge in [-0.1, -0.05) is 200 Å². The fourth-order valence-corrected chi connectivity index (χ4v) is 6.99. The molecule has 0 spiro atoms. The molecule has 0 aromatic carbocycles. The summed E-state index contributed by atoms with van der Waals surface area (Å²) in [6, 6.07) is 0. The standard InChI is InChI=1S/C41H82N2O/c1-4-6-8-10-12-14-16-18-20-21-23-25-27-29-31-33-37-44-39(3)40(38-41-42-35-36-43-41)34-32-30-28-26-24-22-19-17-15-13-11-9-7-5-2/h39-40H,4-38H2,1-3H3,(H,42,43). The van der Waals surface area contributed by atoms with Gasteiger partial charge >= 0.3 is 0 Å².